The van der Waals surface area contributed by atoms with Gasteiger partial charge in [-0.05, 0) is 19.3 Å². The maximum atomic E-state index is 12.9. The van der Waals surface area contributed by atoms with Crippen molar-refractivity contribution in [2.24, 2.45) is 0 Å². The maximum Gasteiger partial charge on any atom is 0.383 e. The molecular formula is C10H15F4NO. The summed E-state index contributed by atoms with van der Waals surface area (Å²) in [4.78, 5) is 12.2. The number of rotatable bonds is 6. The van der Waals surface area contributed by atoms with Crippen LogP contribution in [0.25, 0.3) is 0 Å². The van der Waals surface area contributed by atoms with E-state index in [0.717, 1.165) is 11.3 Å². The Bertz CT molecular complexity index is 253. The molecule has 0 N–H and O–H groups in total. The van der Waals surface area contributed by atoms with Gasteiger partial charge in [-0.2, -0.15) is 8.78 Å². The third-order valence-electron chi connectivity index (χ3n) is 2.56. The Morgan fingerprint density at radius 2 is 2.00 bits per heavy atom. The molecule has 0 atom stereocenters. The smallest absolute Gasteiger partial charge is 0.334 e. The van der Waals surface area contributed by atoms with Gasteiger partial charge in [-0.25, -0.2) is 8.78 Å². The Kier molecular flexibility index (Phi) is 4.15. The number of carbonyl (C=O) groups is 1. The Labute approximate surface area is 91.6 Å². The van der Waals surface area contributed by atoms with Crippen molar-refractivity contribution in [1.82, 2.24) is 4.90 Å². The molecule has 16 heavy (non-hydrogen) atoms. The number of alkyl halides is 4. The number of nitrogens with zero attached hydrogens (tertiary/aromatic N) is 1. The molecule has 0 bridgehead atoms. The molecule has 0 aliphatic heterocycles. The summed E-state index contributed by atoms with van der Waals surface area (Å²) in [6.07, 6.45) is -1.37. The van der Waals surface area contributed by atoms with Crippen molar-refractivity contribution in [2.75, 3.05) is 6.54 Å². The molecule has 0 aromatic carbocycles. The number of amides is 1. The molecule has 0 saturated heterocycles. The van der Waals surface area contributed by atoms with Crippen molar-refractivity contribution in [3.63, 3.8) is 0 Å². The molecule has 6 heteroatoms. The van der Waals surface area contributed by atoms with Gasteiger partial charge in [-0.3, -0.25) is 4.79 Å². The van der Waals surface area contributed by atoms with Gasteiger partial charge in [0.05, 0.1) is 0 Å². The van der Waals surface area contributed by atoms with Crippen LogP contribution in [0.2, 0.25) is 0 Å². The van der Waals surface area contributed by atoms with E-state index < -0.39 is 18.3 Å². The predicted molar refractivity (Wildman–Crippen MR) is 50.6 cm³/mol. The molecule has 1 fully saturated rings. The number of hydrogen-bond acceptors (Lipinski definition) is 1. The lowest BCUT2D eigenvalue weighted by molar-refractivity contribution is -0.181. The van der Waals surface area contributed by atoms with Crippen LogP contribution in [0.4, 0.5) is 17.6 Å². The summed E-state index contributed by atoms with van der Waals surface area (Å²) >= 11 is 0. The van der Waals surface area contributed by atoms with E-state index in [2.05, 4.69) is 0 Å². The summed E-state index contributed by atoms with van der Waals surface area (Å²) < 4.78 is 49.8. The van der Waals surface area contributed by atoms with Gasteiger partial charge in [0.1, 0.15) is 0 Å². The molecule has 1 aliphatic rings. The van der Waals surface area contributed by atoms with Crippen molar-refractivity contribution in [1.29, 1.82) is 0 Å². The van der Waals surface area contributed by atoms with Gasteiger partial charge in [-0.1, -0.05) is 13.3 Å². The van der Waals surface area contributed by atoms with Gasteiger partial charge >= 0.3 is 12.3 Å². The lowest BCUT2D eigenvalue weighted by Crippen LogP contribution is -2.49. The fraction of sp³-hybridized carbons (Fsp3) is 0.900. The van der Waals surface area contributed by atoms with Gasteiger partial charge in [0.15, 0.2) is 0 Å². The second-order valence-electron chi connectivity index (χ2n) is 4.01. The second kappa shape index (κ2) is 5.01. The molecule has 0 spiro atoms. The number of hydrogen-bond donors (Lipinski definition) is 0. The average Bonchev–Trinajstić information content (AvgIpc) is 3.01. The zero-order valence-corrected chi connectivity index (χ0v) is 9.06. The van der Waals surface area contributed by atoms with Crippen LogP contribution >= 0.6 is 0 Å². The molecule has 0 radical (unpaired) electrons. The quantitative estimate of drug-likeness (QED) is 0.655. The molecule has 1 amide bonds. The molecule has 1 rings (SSSR count). The van der Waals surface area contributed by atoms with E-state index in [1.807, 2.05) is 6.92 Å². The third kappa shape index (κ3) is 2.86. The van der Waals surface area contributed by atoms with Gasteiger partial charge in [-0.15, -0.1) is 0 Å². The minimum absolute atomic E-state index is 0.141. The summed E-state index contributed by atoms with van der Waals surface area (Å²) in [6.45, 7) is 1.99. The monoisotopic (exact) mass is 241 g/mol. The van der Waals surface area contributed by atoms with Crippen molar-refractivity contribution in [2.45, 2.75) is 51.0 Å². The van der Waals surface area contributed by atoms with Gasteiger partial charge in [0.25, 0.3) is 5.91 Å². The van der Waals surface area contributed by atoms with Crippen LogP contribution in [-0.4, -0.2) is 35.7 Å². The molecule has 0 aromatic rings. The fourth-order valence-electron chi connectivity index (χ4n) is 1.45. The summed E-state index contributed by atoms with van der Waals surface area (Å²) in [5.74, 6) is -6.27. The molecule has 0 unspecified atom stereocenters. The zero-order chi connectivity index (χ0) is 12.3. The Hall–Kier alpha value is -0.810. The third-order valence-corrected chi connectivity index (χ3v) is 2.56. The maximum absolute atomic E-state index is 12.9. The highest BCUT2D eigenvalue weighted by Crippen LogP contribution is 2.33. The standard InChI is InChI=1S/C10H15F4NO/c1-2-3-6-15(7-4-5-7)9(16)10(13,14)8(11)12/h7-8H,2-6H2,1H3. The van der Waals surface area contributed by atoms with E-state index in [-0.39, 0.29) is 12.6 Å². The van der Waals surface area contributed by atoms with Crippen LogP contribution in [0.3, 0.4) is 0 Å². The highest BCUT2D eigenvalue weighted by Gasteiger charge is 2.53. The van der Waals surface area contributed by atoms with Crippen LogP contribution in [0, 0.1) is 0 Å². The van der Waals surface area contributed by atoms with Crippen molar-refractivity contribution < 1.29 is 22.4 Å². The second-order valence-corrected chi connectivity index (χ2v) is 4.01. The van der Waals surface area contributed by atoms with Gasteiger partial charge in [0, 0.05) is 12.6 Å². The minimum atomic E-state index is -4.55. The van der Waals surface area contributed by atoms with Crippen molar-refractivity contribution in [3.8, 4) is 0 Å². The fourth-order valence-corrected chi connectivity index (χ4v) is 1.45. The Morgan fingerprint density at radius 1 is 1.44 bits per heavy atom. The predicted octanol–water partition coefficient (Wildman–Crippen LogP) is 2.68. The lowest BCUT2D eigenvalue weighted by Gasteiger charge is -2.26. The SMILES string of the molecule is CCCCN(C(=O)C(F)(F)C(F)F)C1CC1. The summed E-state index contributed by atoms with van der Waals surface area (Å²) in [7, 11) is 0. The van der Waals surface area contributed by atoms with E-state index in [1.165, 1.54) is 0 Å². The Balaban J connectivity index is 2.66. The van der Waals surface area contributed by atoms with E-state index in [0.29, 0.717) is 19.3 Å². The zero-order valence-electron chi connectivity index (χ0n) is 9.06. The summed E-state index contributed by atoms with van der Waals surface area (Å²) in [6, 6.07) is -0.260. The van der Waals surface area contributed by atoms with Crippen molar-refractivity contribution in [3.05, 3.63) is 0 Å². The van der Waals surface area contributed by atoms with Crippen molar-refractivity contribution >= 4 is 5.91 Å². The summed E-state index contributed by atoms with van der Waals surface area (Å²) in [5, 5.41) is 0. The molecular weight excluding hydrogens is 226 g/mol. The normalized spacial score (nSPS) is 16.6. The van der Waals surface area contributed by atoms with E-state index >= 15 is 0 Å². The molecule has 94 valence electrons. The molecule has 1 saturated carbocycles. The van der Waals surface area contributed by atoms with Crippen LogP contribution < -0.4 is 0 Å². The topological polar surface area (TPSA) is 20.3 Å². The Morgan fingerprint density at radius 3 is 2.38 bits per heavy atom. The molecule has 2 nitrogen and oxygen atoms in total. The lowest BCUT2D eigenvalue weighted by atomic mass is 10.2. The van der Waals surface area contributed by atoms with Crippen LogP contribution in [0.5, 0.6) is 0 Å². The minimum Gasteiger partial charge on any atom is -0.334 e. The van der Waals surface area contributed by atoms with Crippen LogP contribution in [0.15, 0.2) is 0 Å². The molecule has 1 aliphatic carbocycles. The number of halogens is 4. The number of unbranched alkanes of at least 4 members (excludes halogenated alkanes) is 1. The first-order chi connectivity index (χ1) is 7.41. The highest BCUT2D eigenvalue weighted by atomic mass is 19.3. The summed E-state index contributed by atoms with van der Waals surface area (Å²) in [5.41, 5.74) is 0. The van der Waals surface area contributed by atoms with Crippen LogP contribution in [0.1, 0.15) is 32.6 Å². The first-order valence-corrected chi connectivity index (χ1v) is 5.38. The first-order valence-electron chi connectivity index (χ1n) is 5.38. The molecule has 0 heterocycles. The van der Waals surface area contributed by atoms with E-state index in [9.17, 15) is 22.4 Å². The number of carbonyl (C=O) groups excluding carboxylic acids is 1. The van der Waals surface area contributed by atoms with Crippen LogP contribution in [-0.2, 0) is 4.79 Å². The van der Waals surface area contributed by atoms with Gasteiger partial charge < -0.3 is 4.90 Å². The molecule has 0 aromatic heterocycles. The first kappa shape index (κ1) is 13.3. The van der Waals surface area contributed by atoms with Gasteiger partial charge in [0.2, 0.25) is 0 Å². The highest BCUT2D eigenvalue weighted by molar-refractivity contribution is 5.84. The van der Waals surface area contributed by atoms with E-state index in [4.69, 9.17) is 0 Å². The van der Waals surface area contributed by atoms with E-state index in [1.54, 1.807) is 0 Å². The average molecular weight is 241 g/mol. The largest absolute Gasteiger partial charge is 0.383 e.